The molecule has 1 aromatic heterocycles. The Kier molecular flexibility index (Phi) is 15.4. The van der Waals surface area contributed by atoms with Gasteiger partial charge in [-0.1, -0.05) is 252 Å². The summed E-state index contributed by atoms with van der Waals surface area (Å²) in [6, 6.07) is 105. The first kappa shape index (κ1) is 55.4. The molecular weight excluding hydrogens is 1060 g/mol. The van der Waals surface area contributed by atoms with Gasteiger partial charge in [-0.05, 0) is 193 Å². The third kappa shape index (κ3) is 10.5. The van der Waals surface area contributed by atoms with Crippen molar-refractivity contribution in [1.82, 2.24) is 4.57 Å². The van der Waals surface area contributed by atoms with Crippen LogP contribution in [0.25, 0.3) is 84.2 Å². The minimum absolute atomic E-state index is 0.646. The predicted octanol–water partition coefficient (Wildman–Crippen LogP) is 23.6. The number of aromatic nitrogens is 1. The minimum Gasteiger partial charge on any atom is -0.457 e. The molecule has 1 unspecified atom stereocenters. The van der Waals surface area contributed by atoms with Gasteiger partial charge in [0.25, 0.3) is 0 Å². The van der Waals surface area contributed by atoms with E-state index in [9.17, 15) is 0 Å². The average molecular weight is 1140 g/mol. The van der Waals surface area contributed by atoms with E-state index in [-0.39, 0.29) is 0 Å². The molecule has 0 bridgehead atoms. The molecule has 1 aliphatic rings. The lowest BCUT2D eigenvalue weighted by atomic mass is 9.67. The van der Waals surface area contributed by atoms with Gasteiger partial charge in [0.1, 0.15) is 11.5 Å². The summed E-state index contributed by atoms with van der Waals surface area (Å²) in [6.07, 6.45) is 12.7. The number of hydrogen-bond acceptors (Lipinski definition) is 2. The second-order valence-electron chi connectivity index (χ2n) is 23.4. The molecule has 0 radical (unpaired) electrons. The van der Waals surface area contributed by atoms with Crippen molar-refractivity contribution in [3.8, 4) is 61.7 Å². The van der Waals surface area contributed by atoms with Crippen LogP contribution in [0.5, 0.6) is 11.5 Å². The van der Waals surface area contributed by atoms with Crippen LogP contribution in [0.2, 0.25) is 0 Å². The van der Waals surface area contributed by atoms with Crippen molar-refractivity contribution in [3.05, 3.63) is 337 Å². The monoisotopic (exact) mass is 1130 g/mol. The molecule has 0 saturated carbocycles. The van der Waals surface area contributed by atoms with Gasteiger partial charge in [-0.15, -0.1) is 0 Å². The van der Waals surface area contributed by atoms with Crippen LogP contribution < -0.4 is 9.64 Å². The Bertz CT molecular complexity index is 4600. The van der Waals surface area contributed by atoms with Gasteiger partial charge in [0.2, 0.25) is 0 Å². The molecule has 0 aliphatic heterocycles. The Balaban J connectivity index is 0.871. The van der Waals surface area contributed by atoms with Crippen molar-refractivity contribution in [2.75, 3.05) is 4.90 Å². The maximum Gasteiger partial charge on any atom is 0.127 e. The molecule has 12 aromatic carbocycles. The number of benzene rings is 12. The summed E-state index contributed by atoms with van der Waals surface area (Å²) >= 11 is 0. The van der Waals surface area contributed by atoms with Crippen molar-refractivity contribution in [2.24, 2.45) is 0 Å². The summed E-state index contributed by atoms with van der Waals surface area (Å²) in [5, 5.41) is 2.42. The van der Waals surface area contributed by atoms with E-state index in [4.69, 9.17) is 4.74 Å². The highest BCUT2D eigenvalue weighted by Gasteiger charge is 2.46. The lowest BCUT2D eigenvalue weighted by Crippen LogP contribution is -2.28. The highest BCUT2D eigenvalue weighted by Crippen LogP contribution is 2.57. The van der Waals surface area contributed by atoms with Crippen molar-refractivity contribution in [3.63, 3.8) is 0 Å². The zero-order valence-corrected chi connectivity index (χ0v) is 50.0. The molecule has 426 valence electrons. The maximum absolute atomic E-state index is 6.46. The standard InChI is InChI=1S/C85H70N2O/c1-4-7-8-9-10-13-20-62-29-35-63(36-30-62)64-37-45-72(46-38-64)86(73-47-39-66(40-48-73)68-42-56-84-80(58-68)79-57-67(65-33-27-60(5-2)28-34-65)41-55-83(79)87(84)71-23-16-12-17-24-71)74-49-54-78-77-25-18-19-26-81(77)85(82(78)59-74,69-21-14-11-15-22-69)70-43-52-76(53-44-70)88-75-50-31-61(6-3)32-51-75/h5-6,11-12,14-19,21-59H,2-4,7-10,13,20H2,1H3. The van der Waals surface area contributed by atoms with E-state index in [0.717, 1.165) is 68.5 Å². The van der Waals surface area contributed by atoms with Crippen LogP contribution in [0.3, 0.4) is 0 Å². The van der Waals surface area contributed by atoms with Gasteiger partial charge in [-0.25, -0.2) is 0 Å². The van der Waals surface area contributed by atoms with Crippen LogP contribution in [-0.2, 0) is 11.8 Å². The summed E-state index contributed by atoms with van der Waals surface area (Å²) in [7, 11) is 0. The fourth-order valence-corrected chi connectivity index (χ4v) is 13.5. The first-order chi connectivity index (χ1) is 43.5. The first-order valence-electron chi connectivity index (χ1n) is 31.2. The number of rotatable bonds is 20. The number of para-hydroxylation sites is 1. The Morgan fingerprint density at radius 1 is 0.386 bits per heavy atom. The number of hydrogen-bond donors (Lipinski definition) is 0. The Morgan fingerprint density at radius 2 is 0.841 bits per heavy atom. The SMILES string of the molecule is C=Cc1ccc(Oc2ccc(C3(c4ccccc4)c4ccccc4-c4ccc(N(c5ccc(-c6ccc(CCCCCCCC)cc6)cc5)c5ccc(-c6ccc7c(c6)c6cc(-c8ccc(C=C)cc8)ccc6n7-c6ccccc6)cc5)cc43)cc2)cc1. The minimum atomic E-state index is -0.646. The van der Waals surface area contributed by atoms with Crippen LogP contribution in [0.15, 0.2) is 298 Å². The van der Waals surface area contributed by atoms with Crippen molar-refractivity contribution in [2.45, 2.75) is 57.3 Å². The molecule has 0 saturated heterocycles. The topological polar surface area (TPSA) is 17.4 Å². The van der Waals surface area contributed by atoms with E-state index >= 15 is 0 Å². The van der Waals surface area contributed by atoms with Crippen LogP contribution in [0, 0.1) is 0 Å². The summed E-state index contributed by atoms with van der Waals surface area (Å²) < 4.78 is 8.86. The van der Waals surface area contributed by atoms with E-state index in [1.165, 1.54) is 116 Å². The van der Waals surface area contributed by atoms with Crippen molar-refractivity contribution in [1.29, 1.82) is 0 Å². The summed E-state index contributed by atoms with van der Waals surface area (Å²) in [5.74, 6) is 1.56. The van der Waals surface area contributed by atoms with Crippen LogP contribution >= 0.6 is 0 Å². The van der Waals surface area contributed by atoms with Gasteiger partial charge in [0, 0.05) is 33.5 Å². The quantitative estimate of drug-likeness (QED) is 0.0708. The molecule has 0 spiro atoms. The van der Waals surface area contributed by atoms with E-state index in [1.54, 1.807) is 0 Å². The Morgan fingerprint density at radius 3 is 1.43 bits per heavy atom. The fraction of sp³-hybridized carbons (Fsp3) is 0.106. The third-order valence-electron chi connectivity index (χ3n) is 18.1. The second-order valence-corrected chi connectivity index (χ2v) is 23.4. The Hall–Kier alpha value is -10.5. The van der Waals surface area contributed by atoms with Crippen molar-refractivity contribution < 1.29 is 4.74 Å². The number of nitrogens with zero attached hydrogens (tertiary/aromatic N) is 2. The summed E-state index contributed by atoms with van der Waals surface area (Å²) in [6.45, 7) is 10.2. The number of anilines is 3. The zero-order chi connectivity index (χ0) is 59.4. The molecule has 0 N–H and O–H groups in total. The number of unbranched alkanes of at least 4 members (excludes halogenated alkanes) is 5. The molecule has 1 atom stereocenters. The average Bonchev–Trinajstić information content (AvgIpc) is 1.54. The third-order valence-corrected chi connectivity index (χ3v) is 18.1. The van der Waals surface area contributed by atoms with E-state index in [0.29, 0.717) is 0 Å². The van der Waals surface area contributed by atoms with E-state index < -0.39 is 5.41 Å². The molecule has 14 rings (SSSR count). The lowest BCUT2D eigenvalue weighted by Gasteiger charge is -2.35. The van der Waals surface area contributed by atoms with Crippen LogP contribution in [-0.4, -0.2) is 4.57 Å². The molecule has 1 aliphatic carbocycles. The maximum atomic E-state index is 6.46. The molecule has 0 fully saturated rings. The highest BCUT2D eigenvalue weighted by molar-refractivity contribution is 6.11. The van der Waals surface area contributed by atoms with Gasteiger partial charge in [0.15, 0.2) is 0 Å². The van der Waals surface area contributed by atoms with Gasteiger partial charge in [-0.2, -0.15) is 0 Å². The highest BCUT2D eigenvalue weighted by atomic mass is 16.5. The van der Waals surface area contributed by atoms with Crippen LogP contribution in [0.4, 0.5) is 17.1 Å². The van der Waals surface area contributed by atoms with Gasteiger partial charge >= 0.3 is 0 Å². The molecule has 0 amide bonds. The zero-order valence-electron chi connectivity index (χ0n) is 50.0. The largest absolute Gasteiger partial charge is 0.457 e. The van der Waals surface area contributed by atoms with E-state index in [1.807, 2.05) is 36.4 Å². The normalized spacial score (nSPS) is 13.3. The lowest BCUT2D eigenvalue weighted by molar-refractivity contribution is 0.482. The molecule has 88 heavy (non-hydrogen) atoms. The second kappa shape index (κ2) is 24.5. The molecule has 13 aromatic rings. The molecular formula is C85H70N2O. The van der Waals surface area contributed by atoms with Gasteiger partial charge in [-0.3, -0.25) is 0 Å². The first-order valence-corrected chi connectivity index (χ1v) is 31.2. The number of ether oxygens (including phenoxy) is 1. The molecule has 3 nitrogen and oxygen atoms in total. The smallest absolute Gasteiger partial charge is 0.127 e. The van der Waals surface area contributed by atoms with Gasteiger partial charge in [0.05, 0.1) is 16.4 Å². The van der Waals surface area contributed by atoms with Gasteiger partial charge < -0.3 is 14.2 Å². The van der Waals surface area contributed by atoms with E-state index in [2.05, 4.69) is 290 Å². The number of fused-ring (bicyclic) bond motifs is 6. The number of aryl methyl sites for hydroxylation is 1. The molecule has 1 heterocycles. The van der Waals surface area contributed by atoms with Crippen molar-refractivity contribution >= 4 is 51.0 Å². The molecule has 3 heteroatoms. The summed E-state index contributed by atoms with van der Waals surface area (Å²) in [4.78, 5) is 2.44. The summed E-state index contributed by atoms with van der Waals surface area (Å²) in [5.41, 5.74) is 24.0. The Labute approximate surface area is 518 Å². The van der Waals surface area contributed by atoms with Crippen LogP contribution in [0.1, 0.15) is 84.4 Å². The fourth-order valence-electron chi connectivity index (χ4n) is 13.5. The predicted molar refractivity (Wildman–Crippen MR) is 373 cm³/mol.